The van der Waals surface area contributed by atoms with Gasteiger partial charge in [0.25, 0.3) is 0 Å². The van der Waals surface area contributed by atoms with Crippen LogP contribution in [0.4, 0.5) is 8.78 Å². The smallest absolute Gasteiger partial charge is 0.192 e. The summed E-state index contributed by atoms with van der Waals surface area (Å²) in [6, 6.07) is 3.41. The Kier molecular flexibility index (Phi) is 3.25. The Labute approximate surface area is 86.1 Å². The fourth-order valence-electron chi connectivity index (χ4n) is 0.948. The highest BCUT2D eigenvalue weighted by Crippen LogP contribution is 2.23. The first-order valence-corrected chi connectivity index (χ1v) is 4.10. The van der Waals surface area contributed by atoms with Crippen LogP contribution in [0, 0.1) is 35.3 Å². The Balaban J connectivity index is 3.11. The third-order valence-corrected chi connectivity index (χ3v) is 1.66. The fraction of sp³-hybridized carbons (Fsp3) is 0.182. The molecule has 76 valence electrons. The molecule has 1 atom stereocenters. The average Bonchev–Trinajstić information content (AvgIpc) is 2.22. The van der Waals surface area contributed by atoms with Crippen LogP contribution in [0.15, 0.2) is 12.1 Å². The number of hydrogen-bond acceptors (Lipinski definition) is 2. The number of halogens is 2. The maximum absolute atomic E-state index is 13.2. The Morgan fingerprint density at radius 2 is 1.93 bits per heavy atom. The number of rotatable bonds is 2. The zero-order valence-electron chi connectivity index (χ0n) is 7.92. The lowest BCUT2D eigenvalue weighted by atomic mass is 10.2. The van der Waals surface area contributed by atoms with Crippen LogP contribution in [-0.2, 0) is 0 Å². The third-order valence-electron chi connectivity index (χ3n) is 1.66. The van der Waals surface area contributed by atoms with Crippen molar-refractivity contribution in [2.75, 3.05) is 0 Å². The van der Waals surface area contributed by atoms with Gasteiger partial charge < -0.3 is 4.74 Å². The SMILES string of the molecule is C#CC(C)Oc1c(F)cc(C#N)cc1F. The minimum Gasteiger partial charge on any atom is -0.472 e. The molecule has 0 aliphatic heterocycles. The van der Waals surface area contributed by atoms with Gasteiger partial charge in [0.05, 0.1) is 11.6 Å². The molecule has 1 unspecified atom stereocenters. The van der Waals surface area contributed by atoms with E-state index in [1.54, 1.807) is 6.07 Å². The van der Waals surface area contributed by atoms with Crippen LogP contribution in [0.25, 0.3) is 0 Å². The van der Waals surface area contributed by atoms with Gasteiger partial charge in [-0.25, -0.2) is 8.78 Å². The van der Waals surface area contributed by atoms with Crippen molar-refractivity contribution in [3.63, 3.8) is 0 Å². The van der Waals surface area contributed by atoms with E-state index in [4.69, 9.17) is 16.4 Å². The monoisotopic (exact) mass is 207 g/mol. The Morgan fingerprint density at radius 3 is 2.33 bits per heavy atom. The Morgan fingerprint density at radius 1 is 1.40 bits per heavy atom. The molecular weight excluding hydrogens is 200 g/mol. The summed E-state index contributed by atoms with van der Waals surface area (Å²) in [5.41, 5.74) is -0.106. The zero-order chi connectivity index (χ0) is 11.4. The molecule has 0 saturated heterocycles. The van der Waals surface area contributed by atoms with Gasteiger partial charge in [-0.1, -0.05) is 5.92 Å². The highest BCUT2D eigenvalue weighted by Gasteiger charge is 2.14. The summed E-state index contributed by atoms with van der Waals surface area (Å²) in [7, 11) is 0. The average molecular weight is 207 g/mol. The first-order valence-electron chi connectivity index (χ1n) is 4.10. The molecule has 0 aromatic heterocycles. The van der Waals surface area contributed by atoms with Crippen LogP contribution in [0.5, 0.6) is 5.75 Å². The van der Waals surface area contributed by atoms with Crippen molar-refractivity contribution in [3.8, 4) is 24.2 Å². The maximum atomic E-state index is 13.2. The number of hydrogen-bond donors (Lipinski definition) is 0. The van der Waals surface area contributed by atoms with Crippen LogP contribution in [0.3, 0.4) is 0 Å². The van der Waals surface area contributed by atoms with E-state index >= 15 is 0 Å². The summed E-state index contributed by atoms with van der Waals surface area (Å²) >= 11 is 0. The molecule has 0 heterocycles. The second-order valence-electron chi connectivity index (χ2n) is 2.81. The van der Waals surface area contributed by atoms with E-state index in [9.17, 15) is 8.78 Å². The lowest BCUT2D eigenvalue weighted by molar-refractivity contribution is 0.251. The van der Waals surface area contributed by atoms with Gasteiger partial charge in [-0.05, 0) is 19.1 Å². The topological polar surface area (TPSA) is 33.0 Å². The molecule has 0 bridgehead atoms. The van der Waals surface area contributed by atoms with E-state index < -0.39 is 23.5 Å². The van der Waals surface area contributed by atoms with Gasteiger partial charge in [-0.2, -0.15) is 5.26 Å². The third kappa shape index (κ3) is 2.45. The molecule has 0 amide bonds. The minimum atomic E-state index is -0.936. The van der Waals surface area contributed by atoms with Crippen molar-refractivity contribution in [1.82, 2.24) is 0 Å². The molecule has 15 heavy (non-hydrogen) atoms. The van der Waals surface area contributed by atoms with E-state index in [2.05, 4.69) is 5.92 Å². The van der Waals surface area contributed by atoms with Gasteiger partial charge in [0, 0.05) is 0 Å². The molecule has 0 fully saturated rings. The quantitative estimate of drug-likeness (QED) is 0.697. The normalized spacial score (nSPS) is 11.3. The summed E-state index contributed by atoms with van der Waals surface area (Å²) in [6.45, 7) is 1.48. The second-order valence-corrected chi connectivity index (χ2v) is 2.81. The molecule has 1 rings (SSSR count). The number of terminal acetylenes is 1. The highest BCUT2D eigenvalue weighted by molar-refractivity contribution is 5.37. The van der Waals surface area contributed by atoms with Crippen molar-refractivity contribution < 1.29 is 13.5 Å². The summed E-state index contributed by atoms with van der Waals surface area (Å²) in [6.07, 6.45) is 4.27. The van der Waals surface area contributed by atoms with Crippen LogP contribution >= 0.6 is 0 Å². The molecule has 0 spiro atoms. The van der Waals surface area contributed by atoms with Crippen LogP contribution in [0.2, 0.25) is 0 Å². The van der Waals surface area contributed by atoms with Crippen molar-refractivity contribution in [1.29, 1.82) is 5.26 Å². The second kappa shape index (κ2) is 4.43. The van der Waals surface area contributed by atoms with Crippen molar-refractivity contribution in [2.24, 2.45) is 0 Å². The highest BCUT2D eigenvalue weighted by atomic mass is 19.1. The lowest BCUT2D eigenvalue weighted by Gasteiger charge is -2.10. The van der Waals surface area contributed by atoms with E-state index in [0.29, 0.717) is 0 Å². The van der Waals surface area contributed by atoms with E-state index in [1.165, 1.54) is 6.92 Å². The van der Waals surface area contributed by atoms with Crippen LogP contribution in [0.1, 0.15) is 12.5 Å². The number of benzene rings is 1. The van der Waals surface area contributed by atoms with Crippen molar-refractivity contribution in [3.05, 3.63) is 29.3 Å². The van der Waals surface area contributed by atoms with Gasteiger partial charge in [0.2, 0.25) is 0 Å². The Bertz CT molecular complexity index is 434. The molecule has 2 nitrogen and oxygen atoms in total. The predicted octanol–water partition coefficient (Wildman–Crippen LogP) is 2.24. The van der Waals surface area contributed by atoms with Gasteiger partial charge in [-0.15, -0.1) is 6.42 Å². The van der Waals surface area contributed by atoms with Crippen molar-refractivity contribution >= 4 is 0 Å². The largest absolute Gasteiger partial charge is 0.472 e. The van der Waals surface area contributed by atoms with Crippen molar-refractivity contribution in [2.45, 2.75) is 13.0 Å². The van der Waals surface area contributed by atoms with E-state index in [-0.39, 0.29) is 5.56 Å². The minimum absolute atomic E-state index is 0.106. The summed E-state index contributed by atoms with van der Waals surface area (Å²) in [5.74, 6) is -0.253. The summed E-state index contributed by atoms with van der Waals surface area (Å²) < 4.78 is 31.2. The number of ether oxygens (including phenoxy) is 1. The van der Waals surface area contributed by atoms with Gasteiger partial charge in [-0.3, -0.25) is 0 Å². The van der Waals surface area contributed by atoms with E-state index in [1.807, 2.05) is 0 Å². The fourth-order valence-corrected chi connectivity index (χ4v) is 0.948. The standard InChI is InChI=1S/C11H7F2NO/c1-3-7(2)15-11-9(12)4-8(6-14)5-10(11)13/h1,4-5,7H,2H3. The molecular formula is C11H7F2NO. The van der Waals surface area contributed by atoms with Gasteiger partial charge >= 0.3 is 0 Å². The molecule has 0 aliphatic rings. The molecule has 1 aromatic carbocycles. The van der Waals surface area contributed by atoms with Gasteiger partial charge in [0.1, 0.15) is 0 Å². The Hall–Kier alpha value is -2.07. The molecule has 0 saturated carbocycles. The first-order chi connectivity index (χ1) is 7.08. The van der Waals surface area contributed by atoms with E-state index in [0.717, 1.165) is 12.1 Å². The van der Waals surface area contributed by atoms with Gasteiger partial charge in [0.15, 0.2) is 23.5 Å². The molecule has 4 heteroatoms. The predicted molar refractivity (Wildman–Crippen MR) is 50.0 cm³/mol. The van der Waals surface area contributed by atoms with Crippen LogP contribution < -0.4 is 4.74 Å². The molecule has 1 aromatic rings. The maximum Gasteiger partial charge on any atom is 0.192 e. The summed E-state index contributed by atoms with van der Waals surface area (Å²) in [4.78, 5) is 0. The molecule has 0 N–H and O–H groups in total. The summed E-state index contributed by atoms with van der Waals surface area (Å²) in [5, 5.41) is 8.45. The zero-order valence-corrected chi connectivity index (χ0v) is 7.92. The number of nitriles is 1. The molecule has 0 aliphatic carbocycles. The van der Waals surface area contributed by atoms with Crippen LogP contribution in [-0.4, -0.2) is 6.10 Å². The number of nitrogens with zero attached hydrogens (tertiary/aromatic N) is 1. The lowest BCUT2D eigenvalue weighted by Crippen LogP contribution is -2.10. The molecule has 0 radical (unpaired) electrons. The first kappa shape index (κ1) is 11.0.